The highest BCUT2D eigenvalue weighted by molar-refractivity contribution is 6.33. The minimum atomic E-state index is 0.321. The summed E-state index contributed by atoms with van der Waals surface area (Å²) in [6.07, 6.45) is 3.24. The van der Waals surface area contributed by atoms with Crippen LogP contribution in [0.15, 0.2) is 11.3 Å². The molecule has 0 spiro atoms. The molecule has 0 amide bonds. The van der Waals surface area contributed by atoms with Crippen molar-refractivity contribution in [2.45, 2.75) is 13.8 Å². The Labute approximate surface area is 104 Å². The molecule has 0 fully saturated rings. The Balaban J connectivity index is 2.30. The summed E-state index contributed by atoms with van der Waals surface area (Å²) >= 11 is 5.98. The molecule has 90 valence electrons. The maximum atomic E-state index is 5.98. The van der Waals surface area contributed by atoms with Crippen molar-refractivity contribution < 1.29 is 0 Å². The highest BCUT2D eigenvalue weighted by Crippen LogP contribution is 2.19. The average Bonchev–Trinajstić information content (AvgIpc) is 2.79. The van der Waals surface area contributed by atoms with E-state index >= 15 is 0 Å². The van der Waals surface area contributed by atoms with Crippen molar-refractivity contribution in [2.75, 3.05) is 13.1 Å². The Morgan fingerprint density at radius 1 is 1.41 bits per heavy atom. The van der Waals surface area contributed by atoms with Gasteiger partial charge in [0.2, 0.25) is 0 Å². The van der Waals surface area contributed by atoms with Gasteiger partial charge in [0, 0.05) is 13.1 Å². The molecule has 0 aromatic carbocycles. The van der Waals surface area contributed by atoms with Crippen LogP contribution in [0.5, 0.6) is 0 Å². The topological polar surface area (TPSA) is 70.1 Å². The third-order valence-electron chi connectivity index (χ3n) is 2.38. The van der Waals surface area contributed by atoms with E-state index in [1.54, 1.807) is 6.34 Å². The van der Waals surface area contributed by atoms with Crippen LogP contribution in [-0.2, 0) is 0 Å². The van der Waals surface area contributed by atoms with Gasteiger partial charge in [-0.05, 0) is 13.8 Å². The number of nitrogens with one attached hydrogen (secondary N) is 1. The van der Waals surface area contributed by atoms with Crippen molar-refractivity contribution in [3.05, 3.63) is 11.5 Å². The summed E-state index contributed by atoms with van der Waals surface area (Å²) in [5, 5.41) is 0.333. The van der Waals surface area contributed by atoms with Crippen LogP contribution in [0, 0.1) is 0 Å². The van der Waals surface area contributed by atoms with Crippen molar-refractivity contribution in [2.24, 2.45) is 4.99 Å². The lowest BCUT2D eigenvalue weighted by Crippen LogP contribution is -2.20. The minimum Gasteiger partial charge on any atom is -0.363 e. The zero-order chi connectivity index (χ0) is 12.3. The Hall–Kier alpha value is -1.69. The molecule has 6 nitrogen and oxygen atoms in total. The normalized spacial score (nSPS) is 11.5. The molecule has 0 saturated heterocycles. The van der Waals surface area contributed by atoms with E-state index in [2.05, 4.69) is 38.8 Å². The molecular formula is C10H13ClN6. The number of halogens is 1. The summed E-state index contributed by atoms with van der Waals surface area (Å²) in [6, 6.07) is 0. The van der Waals surface area contributed by atoms with Gasteiger partial charge in [0.05, 0.1) is 12.7 Å². The molecular weight excluding hydrogens is 240 g/mol. The summed E-state index contributed by atoms with van der Waals surface area (Å²) in [6.45, 7) is 5.89. The summed E-state index contributed by atoms with van der Waals surface area (Å²) in [5.74, 6) is 0.321. The minimum absolute atomic E-state index is 0.321. The third kappa shape index (κ3) is 2.52. The van der Waals surface area contributed by atoms with Crippen molar-refractivity contribution in [3.63, 3.8) is 0 Å². The van der Waals surface area contributed by atoms with Gasteiger partial charge in [-0.3, -0.25) is 0 Å². The highest BCUT2D eigenvalue weighted by Gasteiger charge is 2.06. The van der Waals surface area contributed by atoms with Crippen LogP contribution in [0.4, 0.5) is 5.95 Å². The molecule has 0 aliphatic carbocycles. The van der Waals surface area contributed by atoms with E-state index in [0.29, 0.717) is 22.3 Å². The largest absolute Gasteiger partial charge is 0.363 e. The van der Waals surface area contributed by atoms with Crippen LogP contribution in [0.1, 0.15) is 13.8 Å². The van der Waals surface area contributed by atoms with Gasteiger partial charge in [0.15, 0.2) is 10.8 Å². The van der Waals surface area contributed by atoms with Gasteiger partial charge in [-0.2, -0.15) is 9.97 Å². The molecule has 2 aromatic heterocycles. The van der Waals surface area contributed by atoms with Crippen molar-refractivity contribution in [1.29, 1.82) is 0 Å². The second-order valence-electron chi connectivity index (χ2n) is 3.38. The van der Waals surface area contributed by atoms with E-state index in [9.17, 15) is 0 Å². The molecule has 0 atom stereocenters. The lowest BCUT2D eigenvalue weighted by molar-refractivity contribution is 0.479. The van der Waals surface area contributed by atoms with Crippen LogP contribution in [0.25, 0.3) is 11.2 Å². The molecule has 0 radical (unpaired) electrons. The fraction of sp³-hybridized carbons (Fsp3) is 0.400. The van der Waals surface area contributed by atoms with Gasteiger partial charge in [-0.1, -0.05) is 11.6 Å². The maximum Gasteiger partial charge on any atom is 0.254 e. The predicted octanol–water partition coefficient (Wildman–Crippen LogP) is 2.01. The molecule has 0 aliphatic rings. The number of hydrogen-bond donors (Lipinski definition) is 1. The first-order chi connectivity index (χ1) is 8.24. The van der Waals surface area contributed by atoms with Gasteiger partial charge in [-0.15, -0.1) is 0 Å². The molecule has 2 rings (SSSR count). The fourth-order valence-corrected chi connectivity index (χ4v) is 1.58. The average molecular weight is 253 g/mol. The number of aromatic nitrogens is 4. The van der Waals surface area contributed by atoms with Crippen molar-refractivity contribution in [1.82, 2.24) is 24.8 Å². The second-order valence-corrected chi connectivity index (χ2v) is 3.74. The lowest BCUT2D eigenvalue weighted by Gasteiger charge is -2.12. The van der Waals surface area contributed by atoms with E-state index in [-0.39, 0.29) is 0 Å². The molecule has 0 aliphatic heterocycles. The summed E-state index contributed by atoms with van der Waals surface area (Å²) in [5.41, 5.74) is 1.16. The molecule has 1 N–H and O–H groups in total. The van der Waals surface area contributed by atoms with E-state index in [1.165, 1.54) is 6.33 Å². The maximum absolute atomic E-state index is 5.98. The van der Waals surface area contributed by atoms with Crippen molar-refractivity contribution >= 4 is 35.1 Å². The smallest absolute Gasteiger partial charge is 0.254 e. The Kier molecular flexibility index (Phi) is 3.53. The first-order valence-electron chi connectivity index (χ1n) is 5.39. The monoisotopic (exact) mass is 252 g/mol. The number of nitrogens with zero attached hydrogens (tertiary/aromatic N) is 5. The molecule has 17 heavy (non-hydrogen) atoms. The van der Waals surface area contributed by atoms with Gasteiger partial charge in [-0.25, -0.2) is 9.98 Å². The summed E-state index contributed by atoms with van der Waals surface area (Å²) in [4.78, 5) is 21.4. The number of aromatic amines is 1. The second kappa shape index (κ2) is 5.09. The van der Waals surface area contributed by atoms with E-state index < -0.39 is 0 Å². The SMILES string of the molecule is CCN(C=Nc1nc(Cl)c2[nH]cnc2n1)CC. The summed E-state index contributed by atoms with van der Waals surface area (Å²) in [7, 11) is 0. The van der Waals surface area contributed by atoms with Crippen LogP contribution in [0.3, 0.4) is 0 Å². The summed E-state index contributed by atoms with van der Waals surface area (Å²) < 4.78 is 0. The van der Waals surface area contributed by atoms with Crippen LogP contribution < -0.4 is 0 Å². The number of hydrogen-bond acceptors (Lipinski definition) is 4. The first kappa shape index (κ1) is 11.8. The number of fused-ring (bicyclic) bond motifs is 1. The van der Waals surface area contributed by atoms with Crippen LogP contribution >= 0.6 is 11.6 Å². The van der Waals surface area contributed by atoms with Crippen LogP contribution in [0.2, 0.25) is 5.15 Å². The Bertz CT molecular complexity index is 531. The molecule has 7 heteroatoms. The van der Waals surface area contributed by atoms with E-state index in [0.717, 1.165) is 13.1 Å². The third-order valence-corrected chi connectivity index (χ3v) is 2.65. The standard InChI is InChI=1S/C10H13ClN6/c1-3-17(4-2)6-14-10-15-8(11)7-9(16-10)13-5-12-7/h5-6H,3-4H2,1-2H3,(H,12,13,15,16). The molecule has 0 saturated carbocycles. The number of H-pyrrole nitrogens is 1. The molecule has 2 aromatic rings. The van der Waals surface area contributed by atoms with Crippen LogP contribution in [-0.4, -0.2) is 44.3 Å². The molecule has 2 heterocycles. The highest BCUT2D eigenvalue weighted by atomic mass is 35.5. The van der Waals surface area contributed by atoms with Gasteiger partial charge in [0.25, 0.3) is 5.95 Å². The molecule has 0 unspecified atom stereocenters. The van der Waals surface area contributed by atoms with Crippen molar-refractivity contribution in [3.8, 4) is 0 Å². The van der Waals surface area contributed by atoms with Gasteiger partial charge in [0.1, 0.15) is 5.52 Å². The number of aliphatic imine (C=N–C) groups is 1. The quantitative estimate of drug-likeness (QED) is 0.513. The Morgan fingerprint density at radius 2 is 2.18 bits per heavy atom. The zero-order valence-corrected chi connectivity index (χ0v) is 10.4. The van der Waals surface area contributed by atoms with Gasteiger partial charge >= 0.3 is 0 Å². The fourth-order valence-electron chi connectivity index (χ4n) is 1.36. The molecule has 0 bridgehead atoms. The Morgan fingerprint density at radius 3 is 2.88 bits per heavy atom. The lowest BCUT2D eigenvalue weighted by atomic mass is 10.5. The first-order valence-corrected chi connectivity index (χ1v) is 5.77. The van der Waals surface area contributed by atoms with E-state index in [1.807, 2.05) is 4.90 Å². The predicted molar refractivity (Wildman–Crippen MR) is 67.8 cm³/mol. The van der Waals surface area contributed by atoms with Gasteiger partial charge < -0.3 is 9.88 Å². The van der Waals surface area contributed by atoms with E-state index in [4.69, 9.17) is 11.6 Å². The number of imidazole rings is 1. The number of rotatable bonds is 4. The zero-order valence-electron chi connectivity index (χ0n) is 9.68.